The number of hydrogen-bond donors (Lipinski definition) is 10. The lowest BCUT2D eigenvalue weighted by Gasteiger charge is -2.35. The Morgan fingerprint density at radius 2 is 0.729 bits per heavy atom. The van der Waals surface area contributed by atoms with Crippen molar-refractivity contribution in [3.05, 3.63) is 268 Å². The van der Waals surface area contributed by atoms with Gasteiger partial charge in [-0.2, -0.15) is 0 Å². The zero-order valence-corrected chi connectivity index (χ0v) is 79.7. The second-order valence-electron chi connectivity index (χ2n) is 30.6. The topological polar surface area (TPSA) is 387 Å². The Kier molecular flexibility index (Phi) is 49.6. The number of amides is 5. The van der Waals surface area contributed by atoms with Gasteiger partial charge in [0.2, 0.25) is 59.6 Å². The third-order valence-corrected chi connectivity index (χ3v) is 26.4. The van der Waals surface area contributed by atoms with Crippen molar-refractivity contribution in [3.63, 3.8) is 0 Å². The summed E-state index contributed by atoms with van der Waals surface area (Å²) in [6, 6.07) is 42.0. The number of fused-ring (bicyclic) bond motifs is 3. The summed E-state index contributed by atoms with van der Waals surface area (Å²) in [5.41, 5.74) is 16.2. The summed E-state index contributed by atoms with van der Waals surface area (Å²) < 4.78 is 134. The van der Waals surface area contributed by atoms with Gasteiger partial charge in [-0.1, -0.05) is 79.2 Å². The Labute approximate surface area is 796 Å². The van der Waals surface area contributed by atoms with Crippen molar-refractivity contribution < 1.29 is 77.0 Å². The molecule has 3 aliphatic carbocycles. The fourth-order valence-electron chi connectivity index (χ4n) is 15.8. The van der Waals surface area contributed by atoms with E-state index in [1.54, 1.807) is 51.1 Å². The van der Waals surface area contributed by atoms with Crippen molar-refractivity contribution in [3.8, 4) is 17.2 Å². The van der Waals surface area contributed by atoms with Gasteiger partial charge in [-0.15, -0.1) is 86.8 Å². The molecule has 6 unspecified atom stereocenters. The average molecular weight is 1990 g/mol. The number of nitrogens with zero attached hydrogens (tertiary/aromatic N) is 3. The minimum atomic E-state index is -4.00. The zero-order valence-electron chi connectivity index (χ0n) is 71.5. The molecule has 3 aromatic heterocycles. The number of sulfonamides is 3. The SMILES string of the molecule is CC(=O)N[C@@H](CCCCNS(=O)(=O)c1ccccc1F)C(=O)NC1CCc2cc(O)ccc2C1Cc1cccnc1.COc1ccc2c(c1)CCC(NC(=O)[C@@H](N)CCCCNS(=O)(=O)c1ccccc1F)C2Cc1cccnc1.COc1ccc2c(c1)CCC(NC(=O)[C@H](CCCCNS(=O)(=O)c1ccccc1F)NC(C)=O)C2Cc1cccnc1.Cl.Cl.Cl.Cl.Cl.Cl.Cl. The van der Waals surface area contributed by atoms with Gasteiger partial charge in [-0.05, 0) is 250 Å². The van der Waals surface area contributed by atoms with Crippen LogP contribution in [0.15, 0.2) is 216 Å². The summed E-state index contributed by atoms with van der Waals surface area (Å²) >= 11 is 0. The number of rotatable bonds is 37. The van der Waals surface area contributed by atoms with E-state index >= 15 is 0 Å². The molecular weight excluding hydrogens is 1870 g/mol. The van der Waals surface area contributed by atoms with Crippen LogP contribution in [0.5, 0.6) is 17.2 Å². The maximum absolute atomic E-state index is 13.9. The fourth-order valence-corrected chi connectivity index (χ4v) is 19.3. The molecule has 12 rings (SSSR count). The molecule has 5 amide bonds. The molecule has 129 heavy (non-hydrogen) atoms. The zero-order chi connectivity index (χ0) is 87.4. The number of unbranched alkanes of at least 4 members (excludes halogenated alkanes) is 3. The minimum Gasteiger partial charge on any atom is -0.508 e. The minimum absolute atomic E-state index is 0. The van der Waals surface area contributed by atoms with Crippen molar-refractivity contribution in [1.82, 2.24) is 55.7 Å². The second kappa shape index (κ2) is 56.0. The standard InChI is InChI=1S/C31H37FN4O5S.C30H35FN4O5S.C29H35FN4O4S.7ClH/c1-21(37)35-29(10-5-6-17-34-42(39,40)30-11-4-3-9-27(30)32)31(38)36-28-15-12-23-19-24(41-2)13-14-25(23)26(28)18-22-8-7-16-33-20-22;1-20(36)34-28(9-4-5-16-33-41(39,40)29-10-3-2-8-26(29)31)30(38)35-27-14-11-22-18-23(37)12-13-24(22)25(27)17-21-7-6-15-32-19-21;1-38-22-12-13-23-21(18-22)11-14-27(24(23)17-20-7-6-15-32-19-20)34-29(35)26(31)9-4-5-16-33-39(36,37)28-10-3-2-8-25(28)30;;;;;;;/h3-4,7-9,11,13-14,16,19-20,26,28-29,34H,5-6,10,12,15,17-18H2,1-2H3,(H,35,37)(H,36,38);2-3,6-8,10,12-13,15,18-19,25,27-28,33,37H,4-5,9,11,14,16-17H2,1H3,(H,34,36)(H,35,38);2-3,6-8,10,12-13,15,18-19,24,26-27,33H,4-5,9,11,14,16-17,31H2,1H3,(H,34,35);7*1H/t26?,28?,29-;25?,27?,28-;24?,26-,27?;;;;;;;/m000......./s1. The average Bonchev–Trinajstić information content (AvgIpc) is 0.794. The van der Waals surface area contributed by atoms with Crippen molar-refractivity contribution in [2.45, 2.75) is 198 Å². The highest BCUT2D eigenvalue weighted by Gasteiger charge is 2.37. The van der Waals surface area contributed by atoms with Crippen molar-refractivity contribution in [1.29, 1.82) is 0 Å². The van der Waals surface area contributed by atoms with Crippen LogP contribution >= 0.6 is 86.8 Å². The maximum Gasteiger partial charge on any atom is 0.243 e. The van der Waals surface area contributed by atoms with E-state index in [0.29, 0.717) is 83.5 Å². The molecule has 26 nitrogen and oxygen atoms in total. The van der Waals surface area contributed by atoms with Gasteiger partial charge in [0, 0.05) is 107 Å². The summed E-state index contributed by atoms with van der Waals surface area (Å²) in [7, 11) is -8.64. The number of carbonyl (C=O) groups excluding carboxylic acids is 5. The molecule has 6 aromatic carbocycles. The first kappa shape index (κ1) is 114. The highest BCUT2D eigenvalue weighted by molar-refractivity contribution is 7.90. The van der Waals surface area contributed by atoms with Gasteiger partial charge >= 0.3 is 0 Å². The van der Waals surface area contributed by atoms with E-state index < -0.39 is 75.4 Å². The molecule has 3 heterocycles. The number of phenolic OH excluding ortho intramolecular Hbond substituents is 1. The van der Waals surface area contributed by atoms with E-state index in [2.05, 4.69) is 73.9 Å². The van der Waals surface area contributed by atoms with Crippen LogP contribution in [0.4, 0.5) is 13.2 Å². The van der Waals surface area contributed by atoms with Gasteiger partial charge in [0.15, 0.2) is 0 Å². The van der Waals surface area contributed by atoms with Crippen LogP contribution in [-0.2, 0) is 92.6 Å². The van der Waals surface area contributed by atoms with E-state index in [4.69, 9.17) is 15.2 Å². The van der Waals surface area contributed by atoms with E-state index in [1.807, 2.05) is 73.1 Å². The Bertz CT molecular complexity index is 5410. The van der Waals surface area contributed by atoms with E-state index in [1.165, 1.54) is 85.1 Å². The van der Waals surface area contributed by atoms with Crippen molar-refractivity contribution in [2.24, 2.45) is 5.73 Å². The lowest BCUT2D eigenvalue weighted by atomic mass is 9.76. The van der Waals surface area contributed by atoms with Crippen LogP contribution < -0.4 is 56.0 Å². The quantitative estimate of drug-likeness (QED) is 0.0162. The Balaban J connectivity index is 0.000000486. The van der Waals surface area contributed by atoms with Gasteiger partial charge in [0.1, 0.15) is 61.5 Å². The maximum atomic E-state index is 13.9. The lowest BCUT2D eigenvalue weighted by Crippen LogP contribution is -2.51. The van der Waals surface area contributed by atoms with Gasteiger partial charge < -0.3 is 46.9 Å². The molecule has 0 fully saturated rings. The van der Waals surface area contributed by atoms with E-state index in [0.717, 1.165) is 95.2 Å². The fraction of sp³-hybridized carbons (Fsp3) is 0.378. The largest absolute Gasteiger partial charge is 0.508 e. The molecule has 9 atom stereocenters. The first-order valence-corrected chi connectivity index (χ1v) is 45.3. The molecule has 0 spiro atoms. The van der Waals surface area contributed by atoms with Crippen molar-refractivity contribution in [2.75, 3.05) is 33.9 Å². The van der Waals surface area contributed by atoms with E-state index in [9.17, 15) is 67.5 Å². The van der Waals surface area contributed by atoms with Gasteiger partial charge in [0.05, 0.1) is 20.3 Å². The Hall–Kier alpha value is -8.97. The summed E-state index contributed by atoms with van der Waals surface area (Å²) in [6.07, 6.45) is 20.9. The number of halogens is 10. The highest BCUT2D eigenvalue weighted by Crippen LogP contribution is 2.40. The van der Waals surface area contributed by atoms with Gasteiger partial charge in [-0.3, -0.25) is 38.9 Å². The monoisotopic (exact) mass is 1980 g/mol. The van der Waals surface area contributed by atoms with Crippen LogP contribution in [0, 0.1) is 17.5 Å². The first-order chi connectivity index (χ1) is 58.6. The molecule has 0 saturated carbocycles. The predicted molar refractivity (Wildman–Crippen MR) is 507 cm³/mol. The number of pyridine rings is 3. The third kappa shape index (κ3) is 34.0. The molecule has 0 radical (unpaired) electrons. The van der Waals surface area contributed by atoms with Crippen molar-refractivity contribution >= 4 is 146 Å². The summed E-state index contributed by atoms with van der Waals surface area (Å²) in [4.78, 5) is 75.3. The summed E-state index contributed by atoms with van der Waals surface area (Å²) in [6.45, 7) is 2.96. The predicted octanol–water partition coefficient (Wildman–Crippen LogP) is 13.4. The van der Waals surface area contributed by atoms with E-state index in [-0.39, 0.29) is 183 Å². The Morgan fingerprint density at radius 3 is 1.04 bits per heavy atom. The summed E-state index contributed by atoms with van der Waals surface area (Å²) in [5, 5.41) is 25.0. The Morgan fingerprint density at radius 1 is 0.419 bits per heavy atom. The number of ether oxygens (including phenoxy) is 2. The number of nitrogens with two attached hydrogens (primary N) is 1. The van der Waals surface area contributed by atoms with Gasteiger partial charge in [0.25, 0.3) is 0 Å². The molecule has 0 saturated heterocycles. The molecule has 9 aromatic rings. The number of phenols is 1. The smallest absolute Gasteiger partial charge is 0.243 e. The number of aromatic nitrogens is 3. The molecule has 3 aliphatic rings. The third-order valence-electron chi connectivity index (χ3n) is 21.9. The molecular formula is C90H114Cl7F3N12O14S3. The molecule has 0 aliphatic heterocycles. The lowest BCUT2D eigenvalue weighted by molar-refractivity contribution is -0.129. The molecule has 39 heteroatoms. The summed E-state index contributed by atoms with van der Waals surface area (Å²) in [5.74, 6) is -2.12. The number of methoxy groups -OCH3 is 2. The normalized spacial score (nSPS) is 16.4. The van der Waals surface area contributed by atoms with Gasteiger partial charge in [-0.25, -0.2) is 52.6 Å². The number of nitrogens with one attached hydrogen (secondary N) is 8. The van der Waals surface area contributed by atoms with Crippen LogP contribution in [-0.4, -0.2) is 145 Å². The van der Waals surface area contributed by atoms with Crippen LogP contribution in [0.25, 0.3) is 0 Å². The van der Waals surface area contributed by atoms with Crippen LogP contribution in [0.2, 0.25) is 0 Å². The first-order valence-electron chi connectivity index (χ1n) is 40.9. The van der Waals surface area contributed by atoms with Crippen LogP contribution in [0.1, 0.15) is 159 Å². The number of aromatic hydroxyl groups is 1. The molecule has 706 valence electrons. The number of hydrogen-bond acceptors (Lipinski definition) is 18. The number of aryl methyl sites for hydroxylation is 3. The molecule has 0 bridgehead atoms. The second-order valence-corrected chi connectivity index (χ2v) is 35.8. The van der Waals surface area contributed by atoms with Crippen LogP contribution in [0.3, 0.4) is 0 Å². The molecule has 11 N–H and O–H groups in total. The number of carbonyl (C=O) groups is 5. The highest BCUT2D eigenvalue weighted by atomic mass is 35.5. The number of benzene rings is 6.